The van der Waals surface area contributed by atoms with E-state index in [-0.39, 0.29) is 29.9 Å². The number of phenolic OH excluding ortho intramolecular Hbond substituents is 1. The number of fused-ring (bicyclic) bond motifs is 5. The summed E-state index contributed by atoms with van der Waals surface area (Å²) in [5, 5.41) is 13.9. The van der Waals surface area contributed by atoms with Crippen LogP contribution in [0.25, 0.3) is 10.8 Å². The van der Waals surface area contributed by atoms with Crippen LogP contribution >= 0.6 is 11.6 Å². The topological polar surface area (TPSA) is 95.0 Å². The molecule has 236 valence electrons. The second-order valence-corrected chi connectivity index (χ2v) is 13.6. The molecular formula is C39H33ClN2O5. The van der Waals surface area contributed by atoms with E-state index in [1.54, 1.807) is 24.3 Å². The van der Waals surface area contributed by atoms with Crippen molar-refractivity contribution in [2.75, 3.05) is 11.4 Å². The average molecular weight is 645 g/mol. The van der Waals surface area contributed by atoms with Gasteiger partial charge >= 0.3 is 0 Å². The zero-order valence-corrected chi connectivity index (χ0v) is 26.6. The Kier molecular flexibility index (Phi) is 6.88. The zero-order chi connectivity index (χ0) is 32.6. The molecule has 4 aromatic carbocycles. The van der Waals surface area contributed by atoms with Crippen LogP contribution in [0.2, 0.25) is 5.02 Å². The third kappa shape index (κ3) is 4.05. The van der Waals surface area contributed by atoms with Gasteiger partial charge in [-0.3, -0.25) is 24.1 Å². The molecule has 3 fully saturated rings. The maximum absolute atomic E-state index is 15.3. The van der Waals surface area contributed by atoms with E-state index < -0.39 is 40.9 Å². The van der Waals surface area contributed by atoms with Crippen molar-refractivity contribution in [3.8, 4) is 5.75 Å². The first-order valence-corrected chi connectivity index (χ1v) is 16.6. The third-order valence-electron chi connectivity index (χ3n) is 10.9. The lowest BCUT2D eigenvalue weighted by Crippen LogP contribution is -2.53. The highest BCUT2D eigenvalue weighted by atomic mass is 35.5. The SMILES string of the molecule is CCCN1C(=O)[C@H]2[C@H](CC=C3[C@H]2C[C@H]2C(=O)N(c4cccc(Cl)c4)C(=O)[C@@]2(c2ccccc2)[C@H]3c2ccc3ccccc3c2O)C1=O. The molecule has 4 aromatic rings. The van der Waals surface area contributed by atoms with Crippen molar-refractivity contribution in [2.24, 2.45) is 23.7 Å². The van der Waals surface area contributed by atoms with Crippen LogP contribution in [0.15, 0.2) is 103 Å². The van der Waals surface area contributed by atoms with Gasteiger partial charge in [0.25, 0.3) is 0 Å². The first kappa shape index (κ1) is 29.6. The molecule has 1 N–H and O–H groups in total. The Balaban J connectivity index is 1.42. The molecule has 7 nitrogen and oxygen atoms in total. The minimum atomic E-state index is -1.44. The largest absolute Gasteiger partial charge is 0.507 e. The lowest BCUT2D eigenvalue weighted by Gasteiger charge is -2.50. The molecule has 4 aliphatic rings. The Morgan fingerprint density at radius 2 is 1.62 bits per heavy atom. The number of carbonyl (C=O) groups excluding carboxylic acids is 4. The van der Waals surface area contributed by atoms with E-state index in [2.05, 4.69) is 0 Å². The Bertz CT molecular complexity index is 2020. The highest BCUT2D eigenvalue weighted by molar-refractivity contribution is 6.32. The van der Waals surface area contributed by atoms with Crippen LogP contribution in [0.4, 0.5) is 5.69 Å². The fraction of sp³-hybridized carbons (Fsp3) is 0.282. The highest BCUT2D eigenvalue weighted by Crippen LogP contribution is 2.65. The summed E-state index contributed by atoms with van der Waals surface area (Å²) < 4.78 is 0. The highest BCUT2D eigenvalue weighted by Gasteiger charge is 2.70. The summed E-state index contributed by atoms with van der Waals surface area (Å²) in [5.74, 6) is -4.43. The van der Waals surface area contributed by atoms with E-state index in [9.17, 15) is 19.5 Å². The van der Waals surface area contributed by atoms with Gasteiger partial charge in [0.15, 0.2) is 0 Å². The standard InChI is InChI=1S/C39H33ClN2O5/c1-2-19-41-35(44)28-18-17-27-30(32(28)37(41)46)21-31-36(45)42(25-13-8-12-24(40)20-25)38(47)39(31,23-10-4-3-5-11-23)33(27)29-16-15-22-9-6-7-14-26(22)34(29)43/h3-17,20,28,30-33,43H,2,18-19,21H2,1H3/t28-,30+,31-,32-,33+,39+/m0/s1. The quantitative estimate of drug-likeness (QED) is 0.191. The number of aromatic hydroxyl groups is 1. The van der Waals surface area contributed by atoms with Gasteiger partial charge in [-0.05, 0) is 54.3 Å². The van der Waals surface area contributed by atoms with Crippen molar-refractivity contribution in [3.63, 3.8) is 0 Å². The summed E-state index contributed by atoms with van der Waals surface area (Å²) in [6.07, 6.45) is 3.23. The van der Waals surface area contributed by atoms with E-state index in [1.165, 1.54) is 9.80 Å². The number of carbonyl (C=O) groups is 4. The number of anilines is 1. The van der Waals surface area contributed by atoms with Gasteiger partial charge < -0.3 is 5.11 Å². The zero-order valence-electron chi connectivity index (χ0n) is 25.8. The van der Waals surface area contributed by atoms with Crippen molar-refractivity contribution in [1.82, 2.24) is 4.90 Å². The number of amides is 4. The minimum Gasteiger partial charge on any atom is -0.507 e. The number of allylic oxidation sites excluding steroid dienone is 2. The van der Waals surface area contributed by atoms with Crippen molar-refractivity contribution < 1.29 is 24.3 Å². The Hall–Kier alpha value is -4.75. The van der Waals surface area contributed by atoms with Crippen molar-refractivity contribution in [3.05, 3.63) is 119 Å². The number of benzene rings is 4. The predicted molar refractivity (Wildman–Crippen MR) is 179 cm³/mol. The van der Waals surface area contributed by atoms with Crippen LogP contribution in [0.5, 0.6) is 5.75 Å². The fourth-order valence-corrected chi connectivity index (χ4v) is 9.29. The van der Waals surface area contributed by atoms with E-state index in [4.69, 9.17) is 11.6 Å². The Morgan fingerprint density at radius 1 is 0.851 bits per heavy atom. The number of likely N-dealkylation sites (tertiary alicyclic amines) is 1. The van der Waals surface area contributed by atoms with Gasteiger partial charge in [0.2, 0.25) is 23.6 Å². The molecule has 2 heterocycles. The average Bonchev–Trinajstić information content (AvgIpc) is 3.46. The summed E-state index contributed by atoms with van der Waals surface area (Å²) in [4.78, 5) is 60.4. The van der Waals surface area contributed by atoms with Gasteiger partial charge in [-0.15, -0.1) is 0 Å². The molecule has 8 heteroatoms. The summed E-state index contributed by atoms with van der Waals surface area (Å²) in [5.41, 5.74) is 0.932. The number of nitrogens with zero attached hydrogens (tertiary/aromatic N) is 2. The molecule has 8 rings (SSSR count). The number of imide groups is 2. The molecule has 6 atom stereocenters. The number of halogens is 1. The molecule has 0 unspecified atom stereocenters. The first-order valence-electron chi connectivity index (χ1n) is 16.2. The molecule has 0 aromatic heterocycles. The molecule has 4 amide bonds. The molecule has 0 bridgehead atoms. The number of hydrogen-bond donors (Lipinski definition) is 1. The fourth-order valence-electron chi connectivity index (χ4n) is 9.10. The second-order valence-electron chi connectivity index (χ2n) is 13.1. The summed E-state index contributed by atoms with van der Waals surface area (Å²) in [6, 6.07) is 27.3. The van der Waals surface area contributed by atoms with Gasteiger partial charge in [0, 0.05) is 28.4 Å². The normalized spacial score (nSPS) is 28.4. The predicted octanol–water partition coefficient (Wildman–Crippen LogP) is 6.77. The number of phenols is 1. The molecule has 0 radical (unpaired) electrons. The van der Waals surface area contributed by atoms with E-state index >= 15 is 4.79 Å². The maximum atomic E-state index is 15.3. The van der Waals surface area contributed by atoms with E-state index in [0.29, 0.717) is 46.6 Å². The lowest BCUT2D eigenvalue weighted by molar-refractivity contribution is -0.140. The van der Waals surface area contributed by atoms with Gasteiger partial charge in [-0.25, -0.2) is 4.90 Å². The first-order chi connectivity index (χ1) is 22.8. The molecule has 0 spiro atoms. The van der Waals surface area contributed by atoms with Gasteiger partial charge in [0.05, 0.1) is 28.9 Å². The van der Waals surface area contributed by atoms with E-state index in [0.717, 1.165) is 11.0 Å². The molecule has 2 aliphatic heterocycles. The van der Waals surface area contributed by atoms with Crippen LogP contribution in [0.1, 0.15) is 43.2 Å². The lowest BCUT2D eigenvalue weighted by atomic mass is 9.49. The Labute approximate surface area is 277 Å². The molecule has 2 saturated heterocycles. The number of hydrogen-bond acceptors (Lipinski definition) is 5. The van der Waals surface area contributed by atoms with Crippen LogP contribution in [0, 0.1) is 23.7 Å². The monoisotopic (exact) mass is 644 g/mol. The van der Waals surface area contributed by atoms with Gasteiger partial charge in [0.1, 0.15) is 5.75 Å². The van der Waals surface area contributed by atoms with Crippen LogP contribution in [-0.2, 0) is 24.6 Å². The summed E-state index contributed by atoms with van der Waals surface area (Å²) in [7, 11) is 0. The van der Waals surface area contributed by atoms with Crippen LogP contribution in [0.3, 0.4) is 0 Å². The molecule has 47 heavy (non-hydrogen) atoms. The third-order valence-corrected chi connectivity index (χ3v) is 11.2. The van der Waals surface area contributed by atoms with Crippen LogP contribution in [-0.4, -0.2) is 40.2 Å². The van der Waals surface area contributed by atoms with E-state index in [1.807, 2.05) is 79.7 Å². The smallest absolute Gasteiger partial charge is 0.246 e. The van der Waals surface area contributed by atoms with Crippen molar-refractivity contribution >= 4 is 51.7 Å². The van der Waals surface area contributed by atoms with Gasteiger partial charge in [-0.1, -0.05) is 103 Å². The van der Waals surface area contributed by atoms with Crippen molar-refractivity contribution in [1.29, 1.82) is 0 Å². The van der Waals surface area contributed by atoms with Gasteiger partial charge in [-0.2, -0.15) is 0 Å². The summed E-state index contributed by atoms with van der Waals surface area (Å²) >= 11 is 6.39. The van der Waals surface area contributed by atoms with Crippen LogP contribution < -0.4 is 4.90 Å². The second kappa shape index (κ2) is 10.9. The maximum Gasteiger partial charge on any atom is 0.246 e. The summed E-state index contributed by atoms with van der Waals surface area (Å²) in [6.45, 7) is 2.28. The van der Waals surface area contributed by atoms with Crippen molar-refractivity contribution in [2.45, 2.75) is 37.5 Å². The molecule has 2 aliphatic carbocycles. The minimum absolute atomic E-state index is 0.0359. The molecular weight excluding hydrogens is 612 g/mol. The number of rotatable bonds is 5. The Morgan fingerprint density at radius 3 is 2.38 bits per heavy atom. The molecule has 1 saturated carbocycles.